The lowest BCUT2D eigenvalue weighted by molar-refractivity contribution is 0.0377. The smallest absolute Gasteiger partial charge is 0.342 e. The number of rotatable bonds is 3. The molecule has 1 N–H and O–H groups in total. The van der Waals surface area contributed by atoms with Crippen LogP contribution in [0.15, 0.2) is 18.2 Å². The van der Waals surface area contributed by atoms with Crippen LogP contribution in [-0.2, 0) is 4.74 Å². The third-order valence-electron chi connectivity index (χ3n) is 3.82. The molecule has 1 unspecified atom stereocenters. The SMILES string of the molecule is CCC1OC(=O)c2c1cc1ccc(OC)c(OC)c1c2O. The number of hydrogen-bond acceptors (Lipinski definition) is 5. The summed E-state index contributed by atoms with van der Waals surface area (Å²) in [6.07, 6.45) is 0.354. The van der Waals surface area contributed by atoms with Crippen LogP contribution in [0, 0.1) is 0 Å². The number of phenols is 1. The van der Waals surface area contributed by atoms with Crippen molar-refractivity contribution in [1.82, 2.24) is 0 Å². The Morgan fingerprint density at radius 2 is 2.05 bits per heavy atom. The highest BCUT2D eigenvalue weighted by Crippen LogP contribution is 2.47. The summed E-state index contributed by atoms with van der Waals surface area (Å²) in [7, 11) is 3.02. The van der Waals surface area contributed by atoms with Crippen LogP contribution in [0.2, 0.25) is 0 Å². The number of fused-ring (bicyclic) bond motifs is 2. The number of ether oxygens (including phenoxy) is 3. The van der Waals surface area contributed by atoms with Crippen molar-refractivity contribution in [2.24, 2.45) is 0 Å². The highest BCUT2D eigenvalue weighted by atomic mass is 16.5. The summed E-state index contributed by atoms with van der Waals surface area (Å²) in [6.45, 7) is 1.93. The largest absolute Gasteiger partial charge is 0.506 e. The molecule has 0 bridgehead atoms. The number of aromatic hydroxyl groups is 1. The van der Waals surface area contributed by atoms with Gasteiger partial charge < -0.3 is 19.3 Å². The van der Waals surface area contributed by atoms with Gasteiger partial charge in [0.15, 0.2) is 11.5 Å². The number of carbonyl (C=O) groups is 1. The van der Waals surface area contributed by atoms with Gasteiger partial charge in [-0.15, -0.1) is 0 Å². The summed E-state index contributed by atoms with van der Waals surface area (Å²) in [5, 5.41) is 11.8. The Morgan fingerprint density at radius 1 is 1.29 bits per heavy atom. The quantitative estimate of drug-likeness (QED) is 0.879. The second-order valence-corrected chi connectivity index (χ2v) is 4.89. The molecule has 5 heteroatoms. The van der Waals surface area contributed by atoms with Gasteiger partial charge in [-0.2, -0.15) is 0 Å². The van der Waals surface area contributed by atoms with Gasteiger partial charge in [0.25, 0.3) is 0 Å². The van der Waals surface area contributed by atoms with Gasteiger partial charge in [0.1, 0.15) is 17.4 Å². The highest BCUT2D eigenvalue weighted by Gasteiger charge is 2.34. The molecule has 1 aliphatic rings. The van der Waals surface area contributed by atoms with Crippen LogP contribution in [0.25, 0.3) is 10.8 Å². The molecule has 0 amide bonds. The van der Waals surface area contributed by atoms with Crippen molar-refractivity contribution in [2.75, 3.05) is 14.2 Å². The van der Waals surface area contributed by atoms with E-state index in [4.69, 9.17) is 14.2 Å². The van der Waals surface area contributed by atoms with E-state index in [1.165, 1.54) is 14.2 Å². The third kappa shape index (κ3) is 1.81. The number of esters is 1. The van der Waals surface area contributed by atoms with Crippen LogP contribution in [0.1, 0.15) is 35.4 Å². The minimum atomic E-state index is -0.499. The van der Waals surface area contributed by atoms with Gasteiger partial charge >= 0.3 is 5.97 Å². The zero-order valence-corrected chi connectivity index (χ0v) is 12.1. The van der Waals surface area contributed by atoms with E-state index in [1.54, 1.807) is 6.07 Å². The van der Waals surface area contributed by atoms with Crippen LogP contribution in [0.3, 0.4) is 0 Å². The minimum absolute atomic E-state index is 0.112. The number of hydrogen-bond donors (Lipinski definition) is 1. The second-order valence-electron chi connectivity index (χ2n) is 4.89. The topological polar surface area (TPSA) is 65.0 Å². The molecule has 1 aliphatic heterocycles. The van der Waals surface area contributed by atoms with Gasteiger partial charge in [-0.1, -0.05) is 13.0 Å². The molecule has 1 heterocycles. The molecule has 0 saturated heterocycles. The summed E-state index contributed by atoms with van der Waals surface area (Å²) >= 11 is 0. The van der Waals surface area contributed by atoms with Crippen molar-refractivity contribution in [1.29, 1.82) is 0 Å². The molecule has 0 fully saturated rings. The molecular formula is C16H16O5. The summed E-state index contributed by atoms with van der Waals surface area (Å²) in [6, 6.07) is 5.46. The van der Waals surface area contributed by atoms with Crippen LogP contribution >= 0.6 is 0 Å². The molecule has 0 aromatic heterocycles. The summed E-state index contributed by atoms with van der Waals surface area (Å²) in [5.74, 6) is 0.294. The van der Waals surface area contributed by atoms with Crippen LogP contribution in [0.5, 0.6) is 17.2 Å². The predicted molar refractivity (Wildman–Crippen MR) is 77.2 cm³/mol. The fraction of sp³-hybridized carbons (Fsp3) is 0.312. The molecule has 21 heavy (non-hydrogen) atoms. The standard InChI is InChI=1S/C16H16O5/c1-4-10-9-7-8-5-6-11(19-2)15(20-3)12(8)14(17)13(9)16(18)21-10/h5-7,10,17H,4H2,1-3H3. The number of benzene rings is 2. The van der Waals surface area contributed by atoms with Gasteiger partial charge in [-0.3, -0.25) is 0 Å². The first-order valence-electron chi connectivity index (χ1n) is 6.73. The zero-order valence-electron chi connectivity index (χ0n) is 12.1. The molecule has 5 nitrogen and oxygen atoms in total. The lowest BCUT2D eigenvalue weighted by atomic mass is 9.96. The van der Waals surface area contributed by atoms with E-state index in [0.717, 1.165) is 10.9 Å². The van der Waals surface area contributed by atoms with Crippen molar-refractivity contribution in [3.63, 3.8) is 0 Å². The zero-order chi connectivity index (χ0) is 15.1. The van der Waals surface area contributed by atoms with E-state index in [-0.39, 0.29) is 17.4 Å². The van der Waals surface area contributed by atoms with Gasteiger partial charge in [0.2, 0.25) is 0 Å². The van der Waals surface area contributed by atoms with E-state index in [2.05, 4.69) is 0 Å². The molecule has 2 aromatic carbocycles. The summed E-state index contributed by atoms with van der Waals surface area (Å²) < 4.78 is 15.9. The number of carbonyl (C=O) groups excluding carboxylic acids is 1. The van der Waals surface area contributed by atoms with Crippen molar-refractivity contribution in [3.8, 4) is 17.2 Å². The highest BCUT2D eigenvalue weighted by molar-refractivity contribution is 6.07. The first-order chi connectivity index (χ1) is 10.1. The van der Waals surface area contributed by atoms with E-state index in [9.17, 15) is 9.90 Å². The molecule has 0 aliphatic carbocycles. The summed E-state index contributed by atoms with van der Waals surface area (Å²) in [5.41, 5.74) is 0.945. The monoisotopic (exact) mass is 288 g/mol. The average molecular weight is 288 g/mol. The van der Waals surface area contributed by atoms with E-state index in [0.29, 0.717) is 23.3 Å². The van der Waals surface area contributed by atoms with Crippen LogP contribution < -0.4 is 9.47 Å². The van der Waals surface area contributed by atoms with Gasteiger partial charge in [-0.05, 0) is 23.9 Å². The fourth-order valence-electron chi connectivity index (χ4n) is 2.83. The fourth-order valence-corrected chi connectivity index (χ4v) is 2.83. The number of cyclic esters (lactones) is 1. The van der Waals surface area contributed by atoms with Gasteiger partial charge in [-0.25, -0.2) is 4.79 Å². The Labute approximate surface area is 122 Å². The lowest BCUT2D eigenvalue weighted by Gasteiger charge is -2.14. The van der Waals surface area contributed by atoms with E-state index < -0.39 is 5.97 Å². The minimum Gasteiger partial charge on any atom is -0.506 e. The summed E-state index contributed by atoms with van der Waals surface area (Å²) in [4.78, 5) is 12.0. The molecule has 0 spiro atoms. The molecule has 0 saturated carbocycles. The second kappa shape index (κ2) is 4.84. The molecule has 2 aromatic rings. The Bertz CT molecular complexity index is 735. The van der Waals surface area contributed by atoms with Crippen LogP contribution in [0.4, 0.5) is 0 Å². The Balaban J connectivity index is 2.39. The third-order valence-corrected chi connectivity index (χ3v) is 3.82. The Kier molecular flexibility index (Phi) is 3.12. The van der Waals surface area contributed by atoms with E-state index >= 15 is 0 Å². The normalized spacial score (nSPS) is 16.7. The predicted octanol–water partition coefficient (Wildman–Crippen LogP) is 3.18. The van der Waals surface area contributed by atoms with Crippen molar-refractivity contribution >= 4 is 16.7 Å². The average Bonchev–Trinajstić information content (AvgIpc) is 2.82. The first kappa shape index (κ1) is 13.5. The maximum Gasteiger partial charge on any atom is 0.342 e. The van der Waals surface area contributed by atoms with Crippen molar-refractivity contribution in [2.45, 2.75) is 19.4 Å². The molecular weight excluding hydrogens is 272 g/mol. The van der Waals surface area contributed by atoms with Crippen molar-refractivity contribution < 1.29 is 24.1 Å². The first-order valence-corrected chi connectivity index (χ1v) is 6.73. The van der Waals surface area contributed by atoms with Crippen LogP contribution in [-0.4, -0.2) is 25.3 Å². The maximum absolute atomic E-state index is 12.0. The number of methoxy groups -OCH3 is 2. The molecule has 0 radical (unpaired) electrons. The molecule has 110 valence electrons. The molecule has 1 atom stereocenters. The lowest BCUT2D eigenvalue weighted by Crippen LogP contribution is -1.97. The van der Waals surface area contributed by atoms with Crippen molar-refractivity contribution in [3.05, 3.63) is 29.3 Å². The Hall–Kier alpha value is -2.43. The maximum atomic E-state index is 12.0. The van der Waals surface area contributed by atoms with E-state index in [1.807, 2.05) is 19.1 Å². The number of phenolic OH excluding ortho intramolecular Hbond substituents is 1. The van der Waals surface area contributed by atoms with Gasteiger partial charge in [0.05, 0.1) is 19.6 Å². The Morgan fingerprint density at radius 3 is 2.67 bits per heavy atom. The molecule has 3 rings (SSSR count). The van der Waals surface area contributed by atoms with Gasteiger partial charge in [0, 0.05) is 5.56 Å².